The van der Waals surface area contributed by atoms with Crippen LogP contribution in [0.15, 0.2) is 18.3 Å². The SMILES string of the molecule is CC(C)(C(Cc1ccnc(N)c1)NN)N1CCOCC1. The molecule has 112 valence electrons. The van der Waals surface area contributed by atoms with E-state index in [-0.39, 0.29) is 11.6 Å². The molecule has 1 aromatic heterocycles. The predicted octanol–water partition coefficient (Wildman–Crippen LogP) is 0.149. The van der Waals surface area contributed by atoms with Crippen molar-refractivity contribution < 1.29 is 4.74 Å². The van der Waals surface area contributed by atoms with Crippen molar-refractivity contribution in [3.05, 3.63) is 23.9 Å². The first-order chi connectivity index (χ1) is 9.54. The van der Waals surface area contributed by atoms with Crippen LogP contribution in [0, 0.1) is 0 Å². The van der Waals surface area contributed by atoms with Gasteiger partial charge in [0.1, 0.15) is 5.82 Å². The van der Waals surface area contributed by atoms with E-state index in [1.807, 2.05) is 12.1 Å². The Labute approximate surface area is 120 Å². The Morgan fingerprint density at radius 2 is 2.15 bits per heavy atom. The van der Waals surface area contributed by atoms with E-state index in [2.05, 4.69) is 29.2 Å². The van der Waals surface area contributed by atoms with Gasteiger partial charge in [0.25, 0.3) is 0 Å². The minimum atomic E-state index is -0.0590. The van der Waals surface area contributed by atoms with Crippen LogP contribution in [0.3, 0.4) is 0 Å². The molecule has 0 bridgehead atoms. The van der Waals surface area contributed by atoms with Gasteiger partial charge >= 0.3 is 0 Å². The summed E-state index contributed by atoms with van der Waals surface area (Å²) in [5.74, 6) is 6.34. The smallest absolute Gasteiger partial charge is 0.123 e. The number of pyridine rings is 1. The van der Waals surface area contributed by atoms with Crippen molar-refractivity contribution in [3.63, 3.8) is 0 Å². The summed E-state index contributed by atoms with van der Waals surface area (Å²) in [5.41, 5.74) is 9.78. The average molecular weight is 279 g/mol. The quantitative estimate of drug-likeness (QED) is 0.525. The fourth-order valence-corrected chi connectivity index (χ4v) is 2.73. The van der Waals surface area contributed by atoms with Gasteiger partial charge in [0.05, 0.1) is 13.2 Å². The normalized spacial score (nSPS) is 18.9. The minimum Gasteiger partial charge on any atom is -0.384 e. The maximum Gasteiger partial charge on any atom is 0.123 e. The maximum absolute atomic E-state index is 5.80. The number of nitrogens with two attached hydrogens (primary N) is 2. The molecule has 1 atom stereocenters. The lowest BCUT2D eigenvalue weighted by molar-refractivity contribution is -0.0233. The zero-order valence-electron chi connectivity index (χ0n) is 12.3. The monoisotopic (exact) mass is 279 g/mol. The van der Waals surface area contributed by atoms with Gasteiger partial charge in [-0.2, -0.15) is 0 Å². The van der Waals surface area contributed by atoms with Crippen molar-refractivity contribution >= 4 is 5.82 Å². The highest BCUT2D eigenvalue weighted by Gasteiger charge is 2.35. The van der Waals surface area contributed by atoms with Crippen molar-refractivity contribution in [2.75, 3.05) is 32.0 Å². The van der Waals surface area contributed by atoms with E-state index in [1.54, 1.807) is 6.20 Å². The molecular formula is C14H25N5O. The molecule has 5 N–H and O–H groups in total. The minimum absolute atomic E-state index is 0.0590. The Morgan fingerprint density at radius 1 is 1.45 bits per heavy atom. The molecule has 1 saturated heterocycles. The summed E-state index contributed by atoms with van der Waals surface area (Å²) >= 11 is 0. The number of rotatable bonds is 5. The van der Waals surface area contributed by atoms with E-state index in [4.69, 9.17) is 16.3 Å². The number of nitrogens with zero attached hydrogens (tertiary/aromatic N) is 2. The van der Waals surface area contributed by atoms with E-state index in [0.717, 1.165) is 38.3 Å². The molecule has 0 aliphatic carbocycles. The lowest BCUT2D eigenvalue weighted by Gasteiger charge is -2.45. The molecule has 1 aliphatic rings. The first-order valence-corrected chi connectivity index (χ1v) is 7.03. The molecule has 20 heavy (non-hydrogen) atoms. The third-order valence-electron chi connectivity index (χ3n) is 4.17. The van der Waals surface area contributed by atoms with Crippen LogP contribution in [0.2, 0.25) is 0 Å². The van der Waals surface area contributed by atoms with Crippen LogP contribution in [0.4, 0.5) is 5.82 Å². The zero-order chi connectivity index (χ0) is 14.6. The number of ether oxygens (including phenoxy) is 1. The Bertz CT molecular complexity index is 431. The molecule has 0 amide bonds. The van der Waals surface area contributed by atoms with Crippen LogP contribution >= 0.6 is 0 Å². The van der Waals surface area contributed by atoms with Gasteiger partial charge in [-0.25, -0.2) is 4.98 Å². The number of hydrogen-bond acceptors (Lipinski definition) is 6. The van der Waals surface area contributed by atoms with Gasteiger partial charge in [-0.05, 0) is 38.0 Å². The predicted molar refractivity (Wildman–Crippen MR) is 79.9 cm³/mol. The molecule has 1 fully saturated rings. The number of hydrogen-bond donors (Lipinski definition) is 3. The maximum atomic E-state index is 5.80. The van der Waals surface area contributed by atoms with Crippen LogP contribution in [0.1, 0.15) is 19.4 Å². The molecule has 0 spiro atoms. The van der Waals surface area contributed by atoms with Crippen LogP contribution in [0.25, 0.3) is 0 Å². The molecule has 0 saturated carbocycles. The second kappa shape index (κ2) is 6.49. The van der Waals surface area contributed by atoms with Crippen LogP contribution in [-0.2, 0) is 11.2 Å². The van der Waals surface area contributed by atoms with Crippen LogP contribution < -0.4 is 17.0 Å². The lowest BCUT2D eigenvalue weighted by Crippen LogP contribution is -2.62. The Balaban J connectivity index is 2.09. The van der Waals surface area contributed by atoms with Gasteiger partial charge in [0.15, 0.2) is 0 Å². The third kappa shape index (κ3) is 3.46. The molecule has 6 nitrogen and oxygen atoms in total. The molecule has 0 aromatic carbocycles. The number of anilines is 1. The molecule has 1 unspecified atom stereocenters. The molecule has 1 aromatic rings. The number of morpholine rings is 1. The first-order valence-electron chi connectivity index (χ1n) is 7.03. The standard InChI is InChI=1S/C14H25N5O/c1-14(2,19-5-7-20-8-6-19)12(18-16)9-11-3-4-17-13(15)10-11/h3-4,10,12,18H,5-9,16H2,1-2H3,(H2,15,17). The average Bonchev–Trinajstić information content (AvgIpc) is 2.45. The molecular weight excluding hydrogens is 254 g/mol. The molecule has 2 rings (SSSR count). The largest absolute Gasteiger partial charge is 0.384 e. The van der Waals surface area contributed by atoms with Gasteiger partial charge in [0.2, 0.25) is 0 Å². The number of nitrogens with one attached hydrogen (secondary N) is 1. The van der Waals surface area contributed by atoms with Gasteiger partial charge in [-0.3, -0.25) is 16.2 Å². The molecule has 0 radical (unpaired) electrons. The lowest BCUT2D eigenvalue weighted by atomic mass is 9.87. The van der Waals surface area contributed by atoms with E-state index >= 15 is 0 Å². The summed E-state index contributed by atoms with van der Waals surface area (Å²) in [6.45, 7) is 7.86. The van der Waals surface area contributed by atoms with Crippen molar-refractivity contribution in [2.24, 2.45) is 5.84 Å². The van der Waals surface area contributed by atoms with Gasteiger partial charge in [-0.1, -0.05) is 0 Å². The van der Waals surface area contributed by atoms with Crippen molar-refractivity contribution in [1.82, 2.24) is 15.3 Å². The summed E-state index contributed by atoms with van der Waals surface area (Å²) in [6, 6.07) is 4.01. The fraction of sp³-hybridized carbons (Fsp3) is 0.643. The highest BCUT2D eigenvalue weighted by molar-refractivity contribution is 5.32. The second-order valence-electron chi connectivity index (χ2n) is 5.77. The van der Waals surface area contributed by atoms with Crippen LogP contribution in [-0.4, -0.2) is 47.8 Å². The highest BCUT2D eigenvalue weighted by Crippen LogP contribution is 2.23. The topological polar surface area (TPSA) is 89.4 Å². The Kier molecular flexibility index (Phi) is 4.93. The number of nitrogen functional groups attached to an aromatic ring is 1. The second-order valence-corrected chi connectivity index (χ2v) is 5.77. The summed E-state index contributed by atoms with van der Waals surface area (Å²) in [5, 5.41) is 0. The van der Waals surface area contributed by atoms with Crippen molar-refractivity contribution in [2.45, 2.75) is 31.8 Å². The molecule has 2 heterocycles. The van der Waals surface area contributed by atoms with E-state index in [9.17, 15) is 0 Å². The van der Waals surface area contributed by atoms with E-state index in [1.165, 1.54) is 0 Å². The van der Waals surface area contributed by atoms with E-state index in [0.29, 0.717) is 5.82 Å². The van der Waals surface area contributed by atoms with Gasteiger partial charge in [-0.15, -0.1) is 0 Å². The summed E-state index contributed by atoms with van der Waals surface area (Å²) in [4.78, 5) is 6.45. The van der Waals surface area contributed by atoms with Gasteiger partial charge in [0, 0.05) is 30.9 Å². The summed E-state index contributed by atoms with van der Waals surface area (Å²) in [7, 11) is 0. The number of hydrazine groups is 1. The summed E-state index contributed by atoms with van der Waals surface area (Å²) < 4.78 is 5.42. The summed E-state index contributed by atoms with van der Waals surface area (Å²) in [6.07, 6.45) is 2.55. The molecule has 6 heteroatoms. The van der Waals surface area contributed by atoms with Crippen molar-refractivity contribution in [3.8, 4) is 0 Å². The first kappa shape index (κ1) is 15.2. The third-order valence-corrected chi connectivity index (χ3v) is 4.17. The zero-order valence-corrected chi connectivity index (χ0v) is 12.3. The van der Waals surface area contributed by atoms with E-state index < -0.39 is 0 Å². The molecule has 1 aliphatic heterocycles. The number of aromatic nitrogens is 1. The Morgan fingerprint density at radius 3 is 2.75 bits per heavy atom. The van der Waals surface area contributed by atoms with Crippen molar-refractivity contribution in [1.29, 1.82) is 0 Å². The van der Waals surface area contributed by atoms with Crippen LogP contribution in [0.5, 0.6) is 0 Å². The van der Waals surface area contributed by atoms with Gasteiger partial charge < -0.3 is 10.5 Å². The fourth-order valence-electron chi connectivity index (χ4n) is 2.73. The Hall–Kier alpha value is -1.21. The highest BCUT2D eigenvalue weighted by atomic mass is 16.5.